The van der Waals surface area contributed by atoms with Crippen LogP contribution in [0.5, 0.6) is 0 Å². The van der Waals surface area contributed by atoms with E-state index < -0.39 is 0 Å². The summed E-state index contributed by atoms with van der Waals surface area (Å²) in [5.41, 5.74) is 0. The van der Waals surface area contributed by atoms with Gasteiger partial charge >= 0.3 is 18.9 Å². The third kappa shape index (κ3) is 9.52. The van der Waals surface area contributed by atoms with Crippen molar-refractivity contribution >= 4 is 0 Å². The molecule has 0 atom stereocenters. The smallest absolute Gasteiger partial charge is 0.474 e. The Hall–Kier alpha value is 1.22. The van der Waals surface area contributed by atoms with Gasteiger partial charge in [-0.3, -0.25) is 0 Å². The van der Waals surface area contributed by atoms with E-state index in [1.165, 1.54) is 5.92 Å². The predicted octanol–water partition coefficient (Wildman–Crippen LogP) is -0.689. The Morgan fingerprint density at radius 3 is 1.54 bits per heavy atom. The maximum atomic E-state index is 2.86. The van der Waals surface area contributed by atoms with E-state index in [2.05, 4.69) is 26.2 Å². The average molecular weight is 251 g/mol. The summed E-state index contributed by atoms with van der Waals surface area (Å²) in [7, 11) is 0. The van der Waals surface area contributed by atoms with Crippen LogP contribution in [0.15, 0.2) is 0 Å². The standard InChI is InChI=1S/C6H7.C5H4.Li.Ru/c1-6-4-2-3-5-6;1-2-4-5-3-1;;/h2-5H,1H3;1-4H;;/q;-1;+1;. The molecule has 0 nitrogen and oxygen atoms in total. The Bertz CT molecular complexity index is 78.5. The molecule has 0 aromatic heterocycles. The molecule has 0 aromatic carbocycles. The maximum absolute atomic E-state index is 2.86. The largest absolute Gasteiger partial charge is 1.00 e. The fourth-order valence-corrected chi connectivity index (χ4v) is 0.748. The molecule has 0 bridgehead atoms. The predicted molar refractivity (Wildman–Crippen MR) is 46.6 cm³/mol. The summed E-state index contributed by atoms with van der Waals surface area (Å²) in [5, 5.41) is 0. The van der Waals surface area contributed by atoms with Crippen molar-refractivity contribution in [2.75, 3.05) is 0 Å². The average Bonchev–Trinajstić information content (AvgIpc) is 2.57. The molecule has 0 aromatic rings. The van der Waals surface area contributed by atoms with Gasteiger partial charge in [0, 0.05) is 19.5 Å². The van der Waals surface area contributed by atoms with Crippen LogP contribution in [0, 0.1) is 63.7 Å². The SMILES string of the molecule is C[C]1[CH][CH][CH][CH]1.[C-]1[CH][CH][CH][CH]1.[Li+].[Ru]. The van der Waals surface area contributed by atoms with Crippen molar-refractivity contribution in [1.82, 2.24) is 0 Å². The first-order valence-corrected chi connectivity index (χ1v) is 3.65. The molecular formula is C11H11LiRu. The Kier molecular flexibility index (Phi) is 14.5. The summed E-state index contributed by atoms with van der Waals surface area (Å²) >= 11 is 0. The molecule has 64 valence electrons. The normalized spacial score (nSPS) is 21.0. The van der Waals surface area contributed by atoms with E-state index in [0.29, 0.717) is 0 Å². The van der Waals surface area contributed by atoms with Crippen molar-refractivity contribution in [3.63, 3.8) is 0 Å². The fourth-order valence-electron chi connectivity index (χ4n) is 0.748. The molecule has 10 radical (unpaired) electrons. The zero-order valence-electron chi connectivity index (χ0n) is 7.97. The zero-order chi connectivity index (χ0) is 7.94. The molecule has 2 saturated carbocycles. The summed E-state index contributed by atoms with van der Waals surface area (Å²) in [4.78, 5) is 0. The van der Waals surface area contributed by atoms with Crippen LogP contribution in [0.3, 0.4) is 0 Å². The molecule has 0 spiro atoms. The van der Waals surface area contributed by atoms with Crippen molar-refractivity contribution in [2.24, 2.45) is 0 Å². The minimum Gasteiger partial charge on any atom is -0.474 e. The van der Waals surface area contributed by atoms with Crippen molar-refractivity contribution in [1.29, 1.82) is 0 Å². The van der Waals surface area contributed by atoms with E-state index in [9.17, 15) is 0 Å². The molecule has 2 fully saturated rings. The van der Waals surface area contributed by atoms with Gasteiger partial charge in [0.15, 0.2) is 0 Å². The van der Waals surface area contributed by atoms with Gasteiger partial charge in [-0.25, -0.2) is 12.8 Å². The molecule has 2 aliphatic rings. The van der Waals surface area contributed by atoms with Crippen LogP contribution >= 0.6 is 0 Å². The third-order valence-corrected chi connectivity index (χ3v) is 1.33. The molecule has 0 heterocycles. The second kappa shape index (κ2) is 11.3. The Balaban J connectivity index is 0. The van der Waals surface area contributed by atoms with Gasteiger partial charge < -0.3 is 6.42 Å². The van der Waals surface area contributed by atoms with Gasteiger partial charge in [-0.2, -0.15) is 0 Å². The van der Waals surface area contributed by atoms with Gasteiger partial charge in [0.25, 0.3) is 0 Å². The summed E-state index contributed by atoms with van der Waals surface area (Å²) in [6, 6.07) is 0. The quantitative estimate of drug-likeness (QED) is 0.395. The van der Waals surface area contributed by atoms with Crippen LogP contribution in [0.25, 0.3) is 0 Å². The van der Waals surface area contributed by atoms with Gasteiger partial charge in [-0.05, 0) is 31.6 Å². The molecule has 0 aliphatic heterocycles. The third-order valence-electron chi connectivity index (χ3n) is 1.33. The maximum Gasteiger partial charge on any atom is 1.00 e. The molecule has 0 saturated heterocycles. The second-order valence-corrected chi connectivity index (χ2v) is 2.35. The van der Waals surface area contributed by atoms with Gasteiger partial charge in [-0.1, -0.05) is 19.8 Å². The van der Waals surface area contributed by atoms with Crippen LogP contribution in [0.2, 0.25) is 0 Å². The minimum absolute atomic E-state index is 0. The molecule has 2 heteroatoms. The van der Waals surface area contributed by atoms with Crippen molar-refractivity contribution in [2.45, 2.75) is 6.92 Å². The number of rotatable bonds is 0. The fraction of sp³-hybridized carbons (Fsp3) is 0.0909. The number of hydrogen-bond acceptors (Lipinski definition) is 0. The molecular weight excluding hydrogens is 240 g/mol. The summed E-state index contributed by atoms with van der Waals surface area (Å²) in [6.45, 7) is 2.08. The van der Waals surface area contributed by atoms with Crippen LogP contribution in [0.1, 0.15) is 6.92 Å². The number of hydrogen-bond donors (Lipinski definition) is 0. The monoisotopic (exact) mass is 252 g/mol. The van der Waals surface area contributed by atoms with E-state index in [-0.39, 0.29) is 38.3 Å². The Labute approximate surface area is 109 Å². The van der Waals surface area contributed by atoms with Crippen molar-refractivity contribution < 1.29 is 38.3 Å². The van der Waals surface area contributed by atoms with Crippen LogP contribution in [-0.2, 0) is 19.5 Å². The van der Waals surface area contributed by atoms with Gasteiger partial charge in [0.2, 0.25) is 0 Å². The van der Waals surface area contributed by atoms with Crippen molar-refractivity contribution in [3.05, 3.63) is 63.7 Å². The van der Waals surface area contributed by atoms with Gasteiger partial charge in [0.1, 0.15) is 0 Å². The second-order valence-electron chi connectivity index (χ2n) is 2.35. The Morgan fingerprint density at radius 1 is 0.923 bits per heavy atom. The first-order valence-electron chi connectivity index (χ1n) is 3.65. The van der Waals surface area contributed by atoms with Gasteiger partial charge in [0.05, 0.1) is 0 Å². The van der Waals surface area contributed by atoms with Gasteiger partial charge in [-0.15, -0.1) is 0 Å². The molecule has 2 rings (SSSR count). The first kappa shape index (κ1) is 16.6. The minimum atomic E-state index is 0. The molecule has 0 N–H and O–H groups in total. The van der Waals surface area contributed by atoms with Crippen LogP contribution in [-0.4, -0.2) is 0 Å². The van der Waals surface area contributed by atoms with E-state index in [1.54, 1.807) is 0 Å². The van der Waals surface area contributed by atoms with Crippen LogP contribution in [0.4, 0.5) is 0 Å². The van der Waals surface area contributed by atoms with Crippen LogP contribution < -0.4 is 18.9 Å². The summed E-state index contributed by atoms with van der Waals surface area (Å²) in [5.74, 6) is 1.34. The topological polar surface area (TPSA) is 0 Å². The Morgan fingerprint density at radius 2 is 1.38 bits per heavy atom. The van der Waals surface area contributed by atoms with E-state index in [0.717, 1.165) is 0 Å². The molecule has 2 aliphatic carbocycles. The summed E-state index contributed by atoms with van der Waals surface area (Å²) < 4.78 is 0. The zero-order valence-corrected chi connectivity index (χ0v) is 9.71. The first-order chi connectivity index (χ1) is 5.39. The van der Waals surface area contributed by atoms with Crippen molar-refractivity contribution in [3.8, 4) is 0 Å². The summed E-state index contributed by atoms with van der Waals surface area (Å²) in [6.07, 6.45) is 18.7. The van der Waals surface area contributed by atoms with E-state index >= 15 is 0 Å². The molecule has 0 amide bonds. The molecule has 13 heavy (non-hydrogen) atoms. The molecule has 0 unspecified atom stereocenters. The van der Waals surface area contributed by atoms with E-state index in [1.807, 2.05) is 38.5 Å². The van der Waals surface area contributed by atoms with E-state index in [4.69, 9.17) is 0 Å².